The lowest BCUT2D eigenvalue weighted by molar-refractivity contribution is -0.309. The molecular weight excluding hydrogens is 396 g/mol. The second-order valence-electron chi connectivity index (χ2n) is 6.74. The molecule has 1 aliphatic heterocycles. The van der Waals surface area contributed by atoms with E-state index >= 15 is 0 Å². The zero-order chi connectivity index (χ0) is 22.3. The molecule has 164 valence electrons. The van der Waals surface area contributed by atoms with Crippen molar-refractivity contribution in [3.05, 3.63) is 42.0 Å². The van der Waals surface area contributed by atoms with Crippen LogP contribution in [0.15, 0.2) is 30.8 Å². The molecule has 1 aromatic carbocycles. The molecule has 1 N–H and O–H groups in total. The van der Waals surface area contributed by atoms with Gasteiger partial charge in [0.1, 0.15) is 18.8 Å². The summed E-state index contributed by atoms with van der Waals surface area (Å²) < 4.78 is 26.8. The quantitative estimate of drug-likeness (QED) is 0.489. The van der Waals surface area contributed by atoms with E-state index in [0.717, 1.165) is 18.1 Å². The maximum atomic E-state index is 11.6. The fourth-order valence-electron chi connectivity index (χ4n) is 2.93. The number of aliphatic hydroxyl groups excluding tert-OH is 1. The largest absolute Gasteiger partial charge is 0.463 e. The third kappa shape index (κ3) is 6.65. The van der Waals surface area contributed by atoms with Crippen molar-refractivity contribution in [1.82, 2.24) is 0 Å². The van der Waals surface area contributed by atoms with Crippen molar-refractivity contribution < 1.29 is 43.2 Å². The van der Waals surface area contributed by atoms with Crippen LogP contribution in [0.5, 0.6) is 0 Å². The third-order valence-corrected chi connectivity index (χ3v) is 4.30. The Balaban J connectivity index is 2.22. The van der Waals surface area contributed by atoms with Gasteiger partial charge in [-0.15, -0.1) is 0 Å². The first kappa shape index (κ1) is 23.5. The first-order valence-electron chi connectivity index (χ1n) is 9.35. The molecular formula is C21H26O9. The zero-order valence-corrected chi connectivity index (χ0v) is 17.1. The Bertz CT molecular complexity index is 758. The van der Waals surface area contributed by atoms with Gasteiger partial charge in [0.05, 0.1) is 6.61 Å². The lowest BCUT2D eigenvalue weighted by atomic mass is 9.98. The van der Waals surface area contributed by atoms with Gasteiger partial charge in [-0.25, -0.2) is 0 Å². The minimum atomic E-state index is -1.41. The molecule has 0 aromatic heterocycles. The SMILES string of the molecule is C=Cc1ccc(CO[C@@H]2O[C@H](COC(C)=O)[C@@H](O)[C@H](OC(C)=O)[C@H]2OC(C)=O)cc1. The first-order chi connectivity index (χ1) is 14.2. The van der Waals surface area contributed by atoms with Gasteiger partial charge in [-0.05, 0) is 11.1 Å². The van der Waals surface area contributed by atoms with Gasteiger partial charge in [-0.3, -0.25) is 14.4 Å². The van der Waals surface area contributed by atoms with Crippen molar-refractivity contribution in [2.24, 2.45) is 0 Å². The van der Waals surface area contributed by atoms with Crippen molar-refractivity contribution in [3.63, 3.8) is 0 Å². The summed E-state index contributed by atoms with van der Waals surface area (Å²) in [6.45, 7) is 7.02. The molecule has 1 saturated heterocycles. The number of benzene rings is 1. The summed E-state index contributed by atoms with van der Waals surface area (Å²) in [6.07, 6.45) is -4.43. The van der Waals surface area contributed by atoms with Crippen molar-refractivity contribution in [2.75, 3.05) is 6.61 Å². The van der Waals surface area contributed by atoms with E-state index in [9.17, 15) is 19.5 Å². The van der Waals surface area contributed by atoms with Crippen molar-refractivity contribution in [1.29, 1.82) is 0 Å². The molecule has 0 saturated carbocycles. The summed E-state index contributed by atoms with van der Waals surface area (Å²) in [5, 5.41) is 10.6. The minimum Gasteiger partial charge on any atom is -0.463 e. The fourth-order valence-corrected chi connectivity index (χ4v) is 2.93. The molecule has 1 aromatic rings. The molecule has 0 amide bonds. The first-order valence-corrected chi connectivity index (χ1v) is 9.35. The van der Waals surface area contributed by atoms with Gasteiger partial charge in [0.25, 0.3) is 0 Å². The maximum absolute atomic E-state index is 11.6. The highest BCUT2D eigenvalue weighted by molar-refractivity contribution is 5.67. The fraction of sp³-hybridized carbons (Fsp3) is 0.476. The van der Waals surface area contributed by atoms with E-state index in [-0.39, 0.29) is 13.2 Å². The molecule has 30 heavy (non-hydrogen) atoms. The van der Waals surface area contributed by atoms with Crippen LogP contribution in [0.4, 0.5) is 0 Å². The van der Waals surface area contributed by atoms with Gasteiger partial charge in [0.15, 0.2) is 18.5 Å². The van der Waals surface area contributed by atoms with Gasteiger partial charge in [0, 0.05) is 20.8 Å². The molecule has 0 spiro atoms. The van der Waals surface area contributed by atoms with Crippen molar-refractivity contribution in [2.45, 2.75) is 58.1 Å². The van der Waals surface area contributed by atoms with Crippen LogP contribution in [0.1, 0.15) is 31.9 Å². The van der Waals surface area contributed by atoms with Crippen LogP contribution in [-0.2, 0) is 44.7 Å². The Kier molecular flexibility index (Phi) is 8.52. The van der Waals surface area contributed by atoms with E-state index < -0.39 is 48.6 Å². The molecule has 0 unspecified atom stereocenters. The predicted molar refractivity (Wildman–Crippen MR) is 104 cm³/mol. The Morgan fingerprint density at radius 3 is 2.17 bits per heavy atom. The van der Waals surface area contributed by atoms with Crippen LogP contribution in [-0.4, -0.2) is 60.3 Å². The van der Waals surface area contributed by atoms with Gasteiger partial charge in [0.2, 0.25) is 0 Å². The number of hydrogen-bond acceptors (Lipinski definition) is 9. The minimum absolute atomic E-state index is 0.0863. The number of rotatable bonds is 8. The molecule has 5 atom stereocenters. The van der Waals surface area contributed by atoms with Gasteiger partial charge < -0.3 is 28.8 Å². The van der Waals surface area contributed by atoms with E-state index in [1.165, 1.54) is 13.8 Å². The number of esters is 3. The number of aliphatic hydroxyl groups is 1. The van der Waals surface area contributed by atoms with Crippen LogP contribution >= 0.6 is 0 Å². The molecule has 0 aliphatic carbocycles. The monoisotopic (exact) mass is 422 g/mol. The highest BCUT2D eigenvalue weighted by Crippen LogP contribution is 2.28. The Labute approximate surface area is 174 Å². The summed E-state index contributed by atoms with van der Waals surface area (Å²) in [4.78, 5) is 34.3. The van der Waals surface area contributed by atoms with Gasteiger partial charge in [-0.2, -0.15) is 0 Å². The summed E-state index contributed by atoms with van der Waals surface area (Å²) in [5.74, 6) is -1.94. The highest BCUT2D eigenvalue weighted by Gasteiger charge is 2.50. The topological polar surface area (TPSA) is 118 Å². The van der Waals surface area contributed by atoms with Gasteiger partial charge >= 0.3 is 17.9 Å². The lowest BCUT2D eigenvalue weighted by Crippen LogP contribution is -2.61. The predicted octanol–water partition coefficient (Wildman–Crippen LogP) is 1.36. The van der Waals surface area contributed by atoms with Crippen LogP contribution in [0.25, 0.3) is 6.08 Å². The van der Waals surface area contributed by atoms with E-state index in [0.29, 0.717) is 0 Å². The number of carbonyl (C=O) groups is 3. The summed E-state index contributed by atoms with van der Waals surface area (Å²) in [7, 11) is 0. The van der Waals surface area contributed by atoms with Crippen LogP contribution < -0.4 is 0 Å². The number of hydrogen-bond donors (Lipinski definition) is 1. The van der Waals surface area contributed by atoms with Crippen molar-refractivity contribution in [3.8, 4) is 0 Å². The zero-order valence-electron chi connectivity index (χ0n) is 17.1. The molecule has 2 rings (SSSR count). The Morgan fingerprint density at radius 1 is 1.03 bits per heavy atom. The molecule has 1 heterocycles. The molecule has 0 radical (unpaired) electrons. The highest BCUT2D eigenvalue weighted by atomic mass is 16.7. The standard InChI is InChI=1S/C21H26O9/c1-5-15-6-8-16(9-7-15)10-27-21-20(29-14(4)24)19(28-13(3)23)18(25)17(30-21)11-26-12(2)22/h5-9,17-21,25H,1,10-11H2,2-4H3/t17-,18-,19+,20-,21-/m1/s1. The summed E-state index contributed by atoms with van der Waals surface area (Å²) in [6, 6.07) is 7.36. The molecule has 9 heteroatoms. The number of ether oxygens (including phenoxy) is 5. The molecule has 0 bridgehead atoms. The van der Waals surface area contributed by atoms with Crippen molar-refractivity contribution >= 4 is 24.0 Å². The average molecular weight is 422 g/mol. The van der Waals surface area contributed by atoms with Crippen LogP contribution in [0.2, 0.25) is 0 Å². The normalized spacial score (nSPS) is 25.8. The second kappa shape index (κ2) is 10.9. The molecule has 1 fully saturated rings. The van der Waals surface area contributed by atoms with Crippen LogP contribution in [0.3, 0.4) is 0 Å². The maximum Gasteiger partial charge on any atom is 0.303 e. The van der Waals surface area contributed by atoms with E-state index in [4.69, 9.17) is 23.7 Å². The summed E-state index contributed by atoms with van der Waals surface area (Å²) in [5.41, 5.74) is 1.74. The second-order valence-corrected chi connectivity index (χ2v) is 6.74. The average Bonchev–Trinajstić information content (AvgIpc) is 2.69. The Morgan fingerprint density at radius 2 is 1.63 bits per heavy atom. The Hall–Kier alpha value is -2.75. The van der Waals surface area contributed by atoms with E-state index in [1.54, 1.807) is 6.08 Å². The smallest absolute Gasteiger partial charge is 0.303 e. The van der Waals surface area contributed by atoms with E-state index in [2.05, 4.69) is 6.58 Å². The summed E-state index contributed by atoms with van der Waals surface area (Å²) >= 11 is 0. The number of carbonyl (C=O) groups excluding carboxylic acids is 3. The lowest BCUT2D eigenvalue weighted by Gasteiger charge is -2.42. The van der Waals surface area contributed by atoms with Gasteiger partial charge in [-0.1, -0.05) is 36.9 Å². The third-order valence-electron chi connectivity index (χ3n) is 4.30. The molecule has 1 aliphatic rings. The van der Waals surface area contributed by atoms with Crippen LogP contribution in [0, 0.1) is 0 Å². The van der Waals surface area contributed by atoms with E-state index in [1.807, 2.05) is 24.3 Å². The molecule has 9 nitrogen and oxygen atoms in total.